The van der Waals surface area contributed by atoms with Gasteiger partial charge in [0.2, 0.25) is 0 Å². The molecule has 0 bridgehead atoms. The second-order valence-corrected chi connectivity index (χ2v) is 6.82. The monoisotopic (exact) mass is 383 g/mol. The number of carbonyl (C=O) groups is 1. The van der Waals surface area contributed by atoms with E-state index >= 15 is 0 Å². The van der Waals surface area contributed by atoms with Crippen LogP contribution in [0.1, 0.15) is 35.3 Å². The topological polar surface area (TPSA) is 39.1 Å². The molecule has 1 heterocycles. The standard InChI is InChI=1S/C19H14F5NO2/c1-17(2)10-14(25-8-4-3-5-15(25)26)13-9-11(6-7-12(13)16(17)27)18(20,21)19(22,23)24/h3-10H,1-2H3. The summed E-state index contributed by atoms with van der Waals surface area (Å²) < 4.78 is 66.9. The van der Waals surface area contributed by atoms with Gasteiger partial charge >= 0.3 is 12.1 Å². The summed E-state index contributed by atoms with van der Waals surface area (Å²) >= 11 is 0. The molecule has 3 nitrogen and oxygen atoms in total. The summed E-state index contributed by atoms with van der Waals surface area (Å²) in [5, 5.41) is 0. The van der Waals surface area contributed by atoms with Crippen molar-refractivity contribution in [1.82, 2.24) is 4.57 Å². The lowest BCUT2D eigenvalue weighted by atomic mass is 9.76. The Morgan fingerprint density at radius 3 is 2.19 bits per heavy atom. The zero-order chi connectivity index (χ0) is 20.2. The highest BCUT2D eigenvalue weighted by molar-refractivity contribution is 6.08. The lowest BCUT2D eigenvalue weighted by molar-refractivity contribution is -0.289. The summed E-state index contributed by atoms with van der Waals surface area (Å²) in [5.41, 5.74) is -2.95. The van der Waals surface area contributed by atoms with Gasteiger partial charge in [-0.15, -0.1) is 0 Å². The van der Waals surface area contributed by atoms with Gasteiger partial charge < -0.3 is 0 Å². The van der Waals surface area contributed by atoms with Crippen LogP contribution in [-0.2, 0) is 5.92 Å². The van der Waals surface area contributed by atoms with Crippen LogP contribution in [0.15, 0.2) is 53.5 Å². The molecule has 0 N–H and O–H groups in total. The van der Waals surface area contributed by atoms with E-state index in [1.165, 1.54) is 30.5 Å². The molecular weight excluding hydrogens is 369 g/mol. The van der Waals surface area contributed by atoms with Gasteiger partial charge in [-0.25, -0.2) is 0 Å². The zero-order valence-electron chi connectivity index (χ0n) is 14.3. The lowest BCUT2D eigenvalue weighted by Crippen LogP contribution is -2.35. The molecule has 0 saturated heterocycles. The molecule has 0 fully saturated rings. The molecule has 0 saturated carbocycles. The van der Waals surface area contributed by atoms with Crippen LogP contribution in [-0.4, -0.2) is 16.5 Å². The maximum atomic E-state index is 13.8. The highest BCUT2D eigenvalue weighted by Gasteiger charge is 2.59. The van der Waals surface area contributed by atoms with E-state index in [1.807, 2.05) is 0 Å². The van der Waals surface area contributed by atoms with Crippen molar-refractivity contribution in [2.75, 3.05) is 0 Å². The number of ketones is 1. The molecule has 0 aliphatic heterocycles. The van der Waals surface area contributed by atoms with Gasteiger partial charge in [-0.2, -0.15) is 22.0 Å². The van der Waals surface area contributed by atoms with Crippen LogP contribution in [0.2, 0.25) is 0 Å². The number of aromatic nitrogens is 1. The van der Waals surface area contributed by atoms with Crippen LogP contribution in [0.5, 0.6) is 0 Å². The van der Waals surface area contributed by atoms with Crippen molar-refractivity contribution in [2.24, 2.45) is 5.41 Å². The van der Waals surface area contributed by atoms with Gasteiger partial charge in [-0.3, -0.25) is 14.2 Å². The molecule has 0 amide bonds. The number of alkyl halides is 5. The van der Waals surface area contributed by atoms with E-state index in [9.17, 15) is 31.5 Å². The molecule has 8 heteroatoms. The molecule has 3 rings (SSSR count). The summed E-state index contributed by atoms with van der Waals surface area (Å²) in [7, 11) is 0. The SMILES string of the molecule is CC1(C)C=C(n2ccccc2=O)c2cc(C(F)(F)C(F)(F)F)ccc2C1=O. The Morgan fingerprint density at radius 2 is 1.59 bits per heavy atom. The normalized spacial score (nSPS) is 16.7. The number of allylic oxidation sites excluding steroid dienone is 1. The summed E-state index contributed by atoms with van der Waals surface area (Å²) in [6, 6.07) is 6.37. The summed E-state index contributed by atoms with van der Waals surface area (Å²) in [5.74, 6) is -5.53. The first kappa shape index (κ1) is 19.0. The van der Waals surface area contributed by atoms with E-state index in [2.05, 4.69) is 0 Å². The number of Topliss-reactive ketones (excluding diaryl/α,β-unsaturated/α-hetero) is 1. The number of fused-ring (bicyclic) bond motifs is 1. The Balaban J connectivity index is 2.30. The predicted octanol–water partition coefficient (Wildman–Crippen LogP) is 4.61. The molecule has 27 heavy (non-hydrogen) atoms. The molecule has 0 unspecified atom stereocenters. The minimum atomic E-state index is -5.79. The number of hydrogen-bond acceptors (Lipinski definition) is 2. The number of pyridine rings is 1. The Hall–Kier alpha value is -2.77. The van der Waals surface area contributed by atoms with Gasteiger partial charge in [0, 0.05) is 34.4 Å². The van der Waals surface area contributed by atoms with Crippen LogP contribution < -0.4 is 5.56 Å². The van der Waals surface area contributed by atoms with E-state index in [-0.39, 0.29) is 16.8 Å². The van der Waals surface area contributed by atoms with Crippen molar-refractivity contribution < 1.29 is 26.7 Å². The highest BCUT2D eigenvalue weighted by Crippen LogP contribution is 2.46. The third-order valence-electron chi connectivity index (χ3n) is 4.42. The Kier molecular flexibility index (Phi) is 4.13. The largest absolute Gasteiger partial charge is 0.458 e. The molecule has 0 spiro atoms. The van der Waals surface area contributed by atoms with Gasteiger partial charge in [0.15, 0.2) is 5.78 Å². The predicted molar refractivity (Wildman–Crippen MR) is 88.6 cm³/mol. The van der Waals surface area contributed by atoms with Crippen molar-refractivity contribution in [3.63, 3.8) is 0 Å². The molecule has 0 radical (unpaired) electrons. The molecule has 2 aromatic rings. The Labute approximate surface area is 150 Å². The average Bonchev–Trinajstić information content (AvgIpc) is 2.57. The number of benzene rings is 1. The van der Waals surface area contributed by atoms with E-state index in [0.29, 0.717) is 12.1 Å². The zero-order valence-corrected chi connectivity index (χ0v) is 14.3. The van der Waals surface area contributed by atoms with E-state index < -0.39 is 34.4 Å². The van der Waals surface area contributed by atoms with Crippen LogP contribution in [0.3, 0.4) is 0 Å². The fourth-order valence-corrected chi connectivity index (χ4v) is 2.97. The molecule has 142 valence electrons. The van der Waals surface area contributed by atoms with Gasteiger partial charge in [0.1, 0.15) is 0 Å². The van der Waals surface area contributed by atoms with Crippen molar-refractivity contribution in [3.8, 4) is 0 Å². The second kappa shape index (κ2) is 5.87. The van der Waals surface area contributed by atoms with Crippen molar-refractivity contribution in [1.29, 1.82) is 0 Å². The van der Waals surface area contributed by atoms with Crippen LogP contribution in [0, 0.1) is 5.41 Å². The number of hydrogen-bond donors (Lipinski definition) is 0. The Bertz CT molecular complexity index is 1020. The quantitative estimate of drug-likeness (QED) is 0.711. The van der Waals surface area contributed by atoms with E-state index in [0.717, 1.165) is 10.6 Å². The lowest BCUT2D eigenvalue weighted by Gasteiger charge is -2.30. The number of carbonyl (C=O) groups excluding carboxylic acids is 1. The molecule has 1 aromatic carbocycles. The molecule has 1 aliphatic rings. The van der Waals surface area contributed by atoms with Crippen molar-refractivity contribution in [2.45, 2.75) is 25.9 Å². The van der Waals surface area contributed by atoms with Gasteiger partial charge in [0.25, 0.3) is 5.56 Å². The number of rotatable bonds is 2. The Morgan fingerprint density at radius 1 is 0.926 bits per heavy atom. The summed E-state index contributed by atoms with van der Waals surface area (Å²) in [6.07, 6.45) is -3.03. The smallest absolute Gasteiger partial charge is 0.293 e. The molecule has 1 aliphatic carbocycles. The van der Waals surface area contributed by atoms with Crippen molar-refractivity contribution >= 4 is 11.5 Å². The van der Waals surface area contributed by atoms with Gasteiger partial charge in [-0.1, -0.05) is 18.2 Å². The molecule has 1 aromatic heterocycles. The number of halogens is 5. The maximum absolute atomic E-state index is 13.8. The first-order valence-corrected chi connectivity index (χ1v) is 7.91. The fraction of sp³-hybridized carbons (Fsp3) is 0.263. The summed E-state index contributed by atoms with van der Waals surface area (Å²) in [4.78, 5) is 24.8. The molecule has 0 atom stereocenters. The third kappa shape index (κ3) is 2.98. The third-order valence-corrected chi connectivity index (χ3v) is 4.42. The van der Waals surface area contributed by atoms with Crippen LogP contribution >= 0.6 is 0 Å². The van der Waals surface area contributed by atoms with Crippen LogP contribution in [0.25, 0.3) is 5.70 Å². The van der Waals surface area contributed by atoms with E-state index in [1.54, 1.807) is 13.8 Å². The van der Waals surface area contributed by atoms with E-state index in [4.69, 9.17) is 0 Å². The van der Waals surface area contributed by atoms with Crippen LogP contribution in [0.4, 0.5) is 22.0 Å². The van der Waals surface area contributed by atoms with Crippen molar-refractivity contribution in [3.05, 3.63) is 75.7 Å². The average molecular weight is 383 g/mol. The second-order valence-electron chi connectivity index (χ2n) is 6.82. The molecular formula is C19H14F5NO2. The fourth-order valence-electron chi connectivity index (χ4n) is 2.97. The number of nitrogens with zero attached hydrogens (tertiary/aromatic N) is 1. The minimum absolute atomic E-state index is 0.0185. The maximum Gasteiger partial charge on any atom is 0.458 e. The first-order valence-electron chi connectivity index (χ1n) is 7.91. The van der Waals surface area contributed by atoms with Gasteiger partial charge in [-0.05, 0) is 32.1 Å². The highest BCUT2D eigenvalue weighted by atomic mass is 19.4. The van der Waals surface area contributed by atoms with Gasteiger partial charge in [0.05, 0.1) is 5.70 Å². The summed E-state index contributed by atoms with van der Waals surface area (Å²) in [6.45, 7) is 3.15. The first-order chi connectivity index (χ1) is 12.4. The minimum Gasteiger partial charge on any atom is -0.293 e.